The maximum atomic E-state index is 12.1. The Morgan fingerprint density at radius 2 is 2.08 bits per heavy atom. The van der Waals surface area contributed by atoms with Gasteiger partial charge in [-0.25, -0.2) is 14.4 Å². The molecule has 128 valence electrons. The quantitative estimate of drug-likeness (QED) is 0.630. The van der Waals surface area contributed by atoms with Gasteiger partial charge in [0.15, 0.2) is 0 Å². The molecule has 1 atom stereocenters. The highest BCUT2D eigenvalue weighted by Crippen LogP contribution is 2.30. The third kappa shape index (κ3) is 3.32. The van der Waals surface area contributed by atoms with Gasteiger partial charge in [-0.15, -0.1) is 0 Å². The van der Waals surface area contributed by atoms with Crippen molar-refractivity contribution in [3.8, 4) is 5.75 Å². The molecule has 0 radical (unpaired) electrons. The van der Waals surface area contributed by atoms with Gasteiger partial charge in [0.25, 0.3) is 0 Å². The average molecular weight is 335 g/mol. The molecule has 0 saturated carbocycles. The molecule has 24 heavy (non-hydrogen) atoms. The van der Waals surface area contributed by atoms with Crippen LogP contribution in [0.2, 0.25) is 0 Å². The minimum Gasteiger partial charge on any atom is -0.507 e. The lowest BCUT2D eigenvalue weighted by molar-refractivity contribution is -0.146. The molecule has 1 aliphatic rings. The number of aromatic hydroxyl groups is 1. The van der Waals surface area contributed by atoms with Crippen LogP contribution in [-0.4, -0.2) is 52.9 Å². The number of hydrogen-bond donors (Lipinski definition) is 2. The fourth-order valence-corrected chi connectivity index (χ4v) is 2.55. The highest BCUT2D eigenvalue weighted by Gasteiger charge is 2.37. The summed E-state index contributed by atoms with van der Waals surface area (Å²) in [7, 11) is 1.20. The first kappa shape index (κ1) is 17.3. The second kappa shape index (κ2) is 7.03. The van der Waals surface area contributed by atoms with E-state index in [2.05, 4.69) is 6.58 Å². The highest BCUT2D eigenvalue weighted by atomic mass is 16.6. The predicted octanol–water partition coefficient (Wildman–Crippen LogP) is 1.31. The van der Waals surface area contributed by atoms with Crippen molar-refractivity contribution >= 4 is 18.0 Å². The summed E-state index contributed by atoms with van der Waals surface area (Å²) in [5.41, 5.74) is 0.821. The van der Waals surface area contributed by atoms with Crippen LogP contribution in [0.4, 0.5) is 4.79 Å². The lowest BCUT2D eigenvalue weighted by Gasteiger charge is -2.34. The van der Waals surface area contributed by atoms with Gasteiger partial charge in [0.1, 0.15) is 24.0 Å². The summed E-state index contributed by atoms with van der Waals surface area (Å²) in [6.07, 6.45) is 0.734. The Bertz CT molecular complexity index is 698. The van der Waals surface area contributed by atoms with E-state index < -0.39 is 29.8 Å². The minimum absolute atomic E-state index is 0.0146. The summed E-state index contributed by atoms with van der Waals surface area (Å²) in [5.74, 6) is -2.32. The molecule has 1 aromatic carbocycles. The molecule has 8 nitrogen and oxygen atoms in total. The molecule has 8 heteroatoms. The number of esters is 1. The lowest BCUT2D eigenvalue weighted by atomic mass is 9.92. The number of hydrogen-bond acceptors (Lipinski definition) is 6. The molecule has 0 aliphatic carbocycles. The van der Waals surface area contributed by atoms with Gasteiger partial charge in [-0.1, -0.05) is 12.7 Å². The molecule has 1 heterocycles. The number of carboxylic acids is 1. The van der Waals surface area contributed by atoms with Gasteiger partial charge >= 0.3 is 18.0 Å². The Hall–Kier alpha value is -3.03. The molecule has 0 fully saturated rings. The summed E-state index contributed by atoms with van der Waals surface area (Å²) in [6.45, 7) is 3.42. The molecule has 1 aromatic rings. The van der Waals surface area contributed by atoms with E-state index in [0.717, 1.165) is 0 Å². The number of ether oxygens (including phenoxy) is 2. The van der Waals surface area contributed by atoms with Gasteiger partial charge in [0, 0.05) is 6.42 Å². The van der Waals surface area contributed by atoms with Gasteiger partial charge in [-0.2, -0.15) is 0 Å². The first-order valence-electron chi connectivity index (χ1n) is 7.09. The SMILES string of the molecule is C=CCOC(=O)N1Cc2cc(O)c(C(=O)O)cc2C[C@H]1C(=O)OC. The zero-order valence-corrected chi connectivity index (χ0v) is 13.0. The summed E-state index contributed by atoms with van der Waals surface area (Å²) in [6, 6.07) is 1.64. The van der Waals surface area contributed by atoms with E-state index in [1.54, 1.807) is 0 Å². The average Bonchev–Trinajstić information content (AvgIpc) is 2.56. The van der Waals surface area contributed by atoms with Gasteiger partial charge < -0.3 is 19.7 Å². The third-order valence-electron chi connectivity index (χ3n) is 3.71. The summed E-state index contributed by atoms with van der Waals surface area (Å²) in [5, 5.41) is 18.9. The smallest absolute Gasteiger partial charge is 0.411 e. The van der Waals surface area contributed by atoms with Crippen LogP contribution in [0.3, 0.4) is 0 Å². The first-order chi connectivity index (χ1) is 11.4. The normalized spacial score (nSPS) is 16.0. The number of carboxylic acid groups (broad SMARTS) is 1. The topological polar surface area (TPSA) is 113 Å². The Labute approximate surface area is 137 Å². The van der Waals surface area contributed by atoms with Crippen molar-refractivity contribution in [2.24, 2.45) is 0 Å². The van der Waals surface area contributed by atoms with Crippen molar-refractivity contribution < 1.29 is 34.1 Å². The number of fused-ring (bicyclic) bond motifs is 1. The number of benzene rings is 1. The molecule has 2 rings (SSSR count). The lowest BCUT2D eigenvalue weighted by Crippen LogP contribution is -2.49. The maximum Gasteiger partial charge on any atom is 0.411 e. The van der Waals surface area contributed by atoms with E-state index in [0.29, 0.717) is 11.1 Å². The van der Waals surface area contributed by atoms with Gasteiger partial charge in [0.05, 0.1) is 13.7 Å². The Balaban J connectivity index is 2.40. The van der Waals surface area contributed by atoms with Crippen LogP contribution in [0, 0.1) is 0 Å². The standard InChI is InChI=1S/C16H17NO7/c1-3-4-24-16(22)17-8-10-7-13(18)11(14(19)20)5-9(10)6-12(17)15(21)23-2/h3,5,7,12,18H,1,4,6,8H2,2H3,(H,19,20)/t12-/m0/s1. The molecular formula is C16H17NO7. The van der Waals surface area contributed by atoms with E-state index >= 15 is 0 Å². The zero-order chi connectivity index (χ0) is 17.9. The number of rotatable bonds is 4. The zero-order valence-electron chi connectivity index (χ0n) is 13.0. The number of carbonyl (C=O) groups excluding carboxylic acids is 2. The minimum atomic E-state index is -1.28. The van der Waals surface area contributed by atoms with Crippen molar-refractivity contribution in [3.63, 3.8) is 0 Å². The van der Waals surface area contributed by atoms with E-state index in [1.807, 2.05) is 0 Å². The first-order valence-corrected chi connectivity index (χ1v) is 7.09. The van der Waals surface area contributed by atoms with Crippen molar-refractivity contribution in [1.29, 1.82) is 0 Å². The predicted molar refractivity (Wildman–Crippen MR) is 81.7 cm³/mol. The number of nitrogens with zero attached hydrogens (tertiary/aromatic N) is 1. The number of carbonyl (C=O) groups is 3. The van der Waals surface area contributed by atoms with Crippen molar-refractivity contribution in [3.05, 3.63) is 41.5 Å². The van der Waals surface area contributed by atoms with Gasteiger partial charge in [0.2, 0.25) is 0 Å². The molecule has 1 aliphatic heterocycles. The number of amides is 1. The summed E-state index contributed by atoms with van der Waals surface area (Å²) in [4.78, 5) is 36.4. The molecule has 0 bridgehead atoms. The van der Waals surface area contributed by atoms with Crippen LogP contribution in [0.15, 0.2) is 24.8 Å². The molecule has 0 saturated heterocycles. The van der Waals surface area contributed by atoms with Crippen LogP contribution in [0.1, 0.15) is 21.5 Å². The fourth-order valence-electron chi connectivity index (χ4n) is 2.55. The number of aromatic carboxylic acids is 1. The Morgan fingerprint density at radius 1 is 1.38 bits per heavy atom. The summed E-state index contributed by atoms with van der Waals surface area (Å²) < 4.78 is 9.68. The van der Waals surface area contributed by atoms with Gasteiger partial charge in [-0.3, -0.25) is 4.90 Å². The Morgan fingerprint density at radius 3 is 2.67 bits per heavy atom. The van der Waals surface area contributed by atoms with Crippen molar-refractivity contribution in [2.75, 3.05) is 13.7 Å². The van der Waals surface area contributed by atoms with Crippen molar-refractivity contribution in [2.45, 2.75) is 19.0 Å². The molecular weight excluding hydrogens is 318 g/mol. The fraction of sp³-hybridized carbons (Fsp3) is 0.312. The largest absolute Gasteiger partial charge is 0.507 e. The van der Waals surface area contributed by atoms with Crippen molar-refractivity contribution in [1.82, 2.24) is 4.90 Å². The van der Waals surface area contributed by atoms with E-state index in [-0.39, 0.29) is 25.1 Å². The van der Waals surface area contributed by atoms with Crippen LogP contribution in [0.25, 0.3) is 0 Å². The monoisotopic (exact) mass is 335 g/mol. The summed E-state index contributed by atoms with van der Waals surface area (Å²) >= 11 is 0. The third-order valence-corrected chi connectivity index (χ3v) is 3.71. The van der Waals surface area contributed by atoms with Crippen LogP contribution < -0.4 is 0 Å². The van der Waals surface area contributed by atoms with Crippen LogP contribution in [0.5, 0.6) is 5.75 Å². The molecule has 0 aromatic heterocycles. The molecule has 2 N–H and O–H groups in total. The van der Waals surface area contributed by atoms with E-state index in [4.69, 9.17) is 14.6 Å². The molecule has 0 unspecified atom stereocenters. The van der Waals surface area contributed by atoms with Gasteiger partial charge in [-0.05, 0) is 23.3 Å². The number of methoxy groups -OCH3 is 1. The molecule has 1 amide bonds. The van der Waals surface area contributed by atoms with Crippen LogP contribution >= 0.6 is 0 Å². The van der Waals surface area contributed by atoms with E-state index in [9.17, 15) is 19.5 Å². The van der Waals surface area contributed by atoms with Crippen LogP contribution in [-0.2, 0) is 27.2 Å². The maximum absolute atomic E-state index is 12.1. The second-order valence-electron chi connectivity index (χ2n) is 5.18. The Kier molecular flexibility index (Phi) is 5.08. The van der Waals surface area contributed by atoms with E-state index in [1.165, 1.54) is 30.2 Å². The molecule has 0 spiro atoms. The second-order valence-corrected chi connectivity index (χ2v) is 5.18. The number of phenols is 1. The highest BCUT2D eigenvalue weighted by molar-refractivity contribution is 5.91.